The fourth-order valence-electron chi connectivity index (χ4n) is 13.8. The molecule has 0 unspecified atom stereocenters. The van der Waals surface area contributed by atoms with Crippen molar-refractivity contribution in [1.29, 1.82) is 0 Å². The maximum atomic E-state index is 2.51. The minimum Gasteiger partial charge on any atom is -0.310 e. The van der Waals surface area contributed by atoms with Crippen LogP contribution in [0.3, 0.4) is 0 Å². The minimum absolute atomic E-state index is 0.491. The Morgan fingerprint density at radius 2 is 0.633 bits per heavy atom. The SMILES string of the molecule is c1ccc(-c2cccc3cccc(-c4ccccc4N(c4ccc(-c5cccc6c5-c5ccccc5C6(c5ccccc5)c5ccccc5)cc4)c4ccc5c(c4)C(c4ccccc4)(c4ccccc4)c4ccccc4-5)c23)cc1. The van der Waals surface area contributed by atoms with Gasteiger partial charge in [-0.1, -0.05) is 291 Å². The Hall–Kier alpha value is -10.1. The third kappa shape index (κ3) is 7.10. The van der Waals surface area contributed by atoms with Crippen LogP contribution >= 0.6 is 0 Å². The van der Waals surface area contributed by atoms with E-state index in [9.17, 15) is 0 Å². The van der Waals surface area contributed by atoms with Crippen molar-refractivity contribution >= 4 is 27.8 Å². The molecule has 0 aliphatic heterocycles. The summed E-state index contributed by atoms with van der Waals surface area (Å²) in [6, 6.07) is 119. The molecule has 0 N–H and O–H groups in total. The van der Waals surface area contributed by atoms with Crippen LogP contribution in [0, 0.1) is 0 Å². The molecule has 370 valence electrons. The lowest BCUT2D eigenvalue weighted by atomic mass is 9.67. The number of nitrogens with zero attached hydrogens (tertiary/aromatic N) is 1. The average Bonchev–Trinajstić information content (AvgIpc) is 4.22. The predicted molar refractivity (Wildman–Crippen MR) is 330 cm³/mol. The van der Waals surface area contributed by atoms with Gasteiger partial charge >= 0.3 is 0 Å². The van der Waals surface area contributed by atoms with Crippen molar-refractivity contribution in [3.05, 3.63) is 366 Å². The molecule has 13 aromatic carbocycles. The van der Waals surface area contributed by atoms with Crippen LogP contribution in [-0.4, -0.2) is 0 Å². The summed E-state index contributed by atoms with van der Waals surface area (Å²) in [5, 5.41) is 2.44. The van der Waals surface area contributed by atoms with Crippen molar-refractivity contribution in [2.24, 2.45) is 0 Å². The second-order valence-electron chi connectivity index (χ2n) is 21.0. The fraction of sp³-hybridized carbons (Fsp3) is 0.0256. The molecule has 2 aliphatic rings. The first-order valence-electron chi connectivity index (χ1n) is 27.5. The zero-order valence-electron chi connectivity index (χ0n) is 43.5. The normalized spacial score (nSPS) is 13.3. The van der Waals surface area contributed by atoms with Crippen molar-refractivity contribution < 1.29 is 0 Å². The Bertz CT molecular complexity index is 4310. The van der Waals surface area contributed by atoms with Gasteiger partial charge < -0.3 is 4.90 Å². The van der Waals surface area contributed by atoms with E-state index in [4.69, 9.17) is 0 Å². The third-order valence-electron chi connectivity index (χ3n) is 17.0. The molecule has 0 spiro atoms. The molecule has 0 radical (unpaired) electrons. The van der Waals surface area contributed by atoms with Gasteiger partial charge in [0, 0.05) is 16.9 Å². The highest BCUT2D eigenvalue weighted by atomic mass is 15.1. The first-order chi connectivity index (χ1) is 39.2. The first-order valence-corrected chi connectivity index (χ1v) is 27.5. The number of para-hydroxylation sites is 1. The van der Waals surface area contributed by atoms with Gasteiger partial charge in [0.15, 0.2) is 0 Å². The lowest BCUT2D eigenvalue weighted by Gasteiger charge is -2.35. The number of fused-ring (bicyclic) bond motifs is 7. The number of rotatable bonds is 10. The summed E-state index contributed by atoms with van der Waals surface area (Å²) in [6.07, 6.45) is 0. The van der Waals surface area contributed by atoms with E-state index in [1.54, 1.807) is 0 Å². The molecule has 79 heavy (non-hydrogen) atoms. The summed E-state index contributed by atoms with van der Waals surface area (Å²) in [6.45, 7) is 0. The molecule has 0 atom stereocenters. The largest absolute Gasteiger partial charge is 0.310 e. The van der Waals surface area contributed by atoms with Gasteiger partial charge in [0.05, 0.1) is 16.5 Å². The lowest BCUT2D eigenvalue weighted by Crippen LogP contribution is -2.28. The van der Waals surface area contributed by atoms with E-state index in [1.165, 1.54) is 105 Å². The molecule has 0 amide bonds. The molecule has 15 rings (SSSR count). The molecule has 1 nitrogen and oxygen atoms in total. The predicted octanol–water partition coefficient (Wildman–Crippen LogP) is 20.0. The molecule has 0 saturated carbocycles. The molecule has 0 saturated heterocycles. The molecule has 0 bridgehead atoms. The van der Waals surface area contributed by atoms with Crippen LogP contribution in [0.1, 0.15) is 44.5 Å². The van der Waals surface area contributed by atoms with Crippen LogP contribution in [0.4, 0.5) is 17.1 Å². The summed E-state index contributed by atoms with van der Waals surface area (Å²) >= 11 is 0. The van der Waals surface area contributed by atoms with Gasteiger partial charge in [0.25, 0.3) is 0 Å². The Morgan fingerprint density at radius 3 is 1.24 bits per heavy atom. The molecular weight excluding hydrogens is 951 g/mol. The van der Waals surface area contributed by atoms with E-state index >= 15 is 0 Å². The van der Waals surface area contributed by atoms with Crippen LogP contribution in [0.15, 0.2) is 322 Å². The maximum absolute atomic E-state index is 2.51. The Labute approximate surface area is 462 Å². The van der Waals surface area contributed by atoms with E-state index in [0.717, 1.165) is 22.6 Å². The van der Waals surface area contributed by atoms with Crippen LogP contribution in [0.25, 0.3) is 66.4 Å². The molecular formula is C78H53N. The van der Waals surface area contributed by atoms with Gasteiger partial charge in [-0.3, -0.25) is 0 Å². The zero-order chi connectivity index (χ0) is 52.3. The zero-order valence-corrected chi connectivity index (χ0v) is 43.5. The van der Waals surface area contributed by atoms with Crippen molar-refractivity contribution in [2.75, 3.05) is 4.90 Å². The molecule has 0 heterocycles. The van der Waals surface area contributed by atoms with Gasteiger partial charge in [-0.25, -0.2) is 0 Å². The lowest BCUT2D eigenvalue weighted by molar-refractivity contribution is 0.768. The third-order valence-corrected chi connectivity index (χ3v) is 17.0. The summed E-state index contributed by atoms with van der Waals surface area (Å²) < 4.78 is 0. The van der Waals surface area contributed by atoms with Crippen LogP contribution in [-0.2, 0) is 10.8 Å². The standard InChI is InChI=1S/C78H53N/c1-6-25-54(26-7-1)63-40-22-27-56-28-23-42-68(75(56)63)67-38-18-21-46-74(67)79(62-51-52-66-65-37-16-19-43-70(65)78(73(66)53-62,59-33-12-4-13-34-59)60-35-14-5-15-36-60)61-49-47-55(48-50-61)64-41-24-45-72-76(64)69-39-17-20-44-71(69)77(72,57-29-8-2-9-30-57)58-31-10-3-11-32-58/h1-53H. The highest BCUT2D eigenvalue weighted by Gasteiger charge is 2.48. The van der Waals surface area contributed by atoms with E-state index in [-0.39, 0.29) is 0 Å². The van der Waals surface area contributed by atoms with E-state index < -0.39 is 10.8 Å². The summed E-state index contributed by atoms with van der Waals surface area (Å²) in [4.78, 5) is 2.51. The van der Waals surface area contributed by atoms with Crippen molar-refractivity contribution in [1.82, 2.24) is 0 Å². The van der Waals surface area contributed by atoms with Crippen molar-refractivity contribution in [2.45, 2.75) is 10.8 Å². The second-order valence-corrected chi connectivity index (χ2v) is 21.0. The van der Waals surface area contributed by atoms with Crippen molar-refractivity contribution in [3.63, 3.8) is 0 Å². The van der Waals surface area contributed by atoms with E-state index in [0.29, 0.717) is 0 Å². The van der Waals surface area contributed by atoms with E-state index in [2.05, 4.69) is 326 Å². The van der Waals surface area contributed by atoms with Crippen LogP contribution in [0.2, 0.25) is 0 Å². The van der Waals surface area contributed by atoms with Gasteiger partial charge in [-0.05, 0) is 136 Å². The quantitative estimate of drug-likeness (QED) is 0.132. The fourth-order valence-corrected chi connectivity index (χ4v) is 13.8. The maximum Gasteiger partial charge on any atom is 0.0714 e. The Kier molecular flexibility index (Phi) is 11.1. The first kappa shape index (κ1) is 46.2. The van der Waals surface area contributed by atoms with E-state index in [1.807, 2.05) is 0 Å². The van der Waals surface area contributed by atoms with Crippen molar-refractivity contribution in [3.8, 4) is 55.6 Å². The minimum atomic E-state index is -0.571. The van der Waals surface area contributed by atoms with Gasteiger partial charge in [-0.15, -0.1) is 0 Å². The molecule has 1 heteroatoms. The highest BCUT2D eigenvalue weighted by Crippen LogP contribution is 2.60. The monoisotopic (exact) mass is 1000 g/mol. The van der Waals surface area contributed by atoms with Gasteiger partial charge in [0.1, 0.15) is 0 Å². The smallest absolute Gasteiger partial charge is 0.0714 e. The molecule has 0 aromatic heterocycles. The second kappa shape index (κ2) is 18.9. The molecule has 2 aliphatic carbocycles. The Morgan fingerprint density at radius 1 is 0.228 bits per heavy atom. The highest BCUT2D eigenvalue weighted by molar-refractivity contribution is 6.09. The number of benzene rings is 13. The molecule has 13 aromatic rings. The molecule has 0 fully saturated rings. The van der Waals surface area contributed by atoms with Crippen LogP contribution in [0.5, 0.6) is 0 Å². The topological polar surface area (TPSA) is 3.24 Å². The number of hydrogen-bond donors (Lipinski definition) is 0. The summed E-state index contributed by atoms with van der Waals surface area (Å²) in [5.41, 5.74) is 24.5. The summed E-state index contributed by atoms with van der Waals surface area (Å²) in [5.74, 6) is 0. The van der Waals surface area contributed by atoms with Gasteiger partial charge in [0.2, 0.25) is 0 Å². The Balaban J connectivity index is 0.962. The number of anilines is 3. The van der Waals surface area contributed by atoms with Gasteiger partial charge in [-0.2, -0.15) is 0 Å². The van der Waals surface area contributed by atoms with Crippen LogP contribution < -0.4 is 4.90 Å². The average molecular weight is 1000 g/mol. The summed E-state index contributed by atoms with van der Waals surface area (Å²) in [7, 11) is 0. The number of hydrogen-bond acceptors (Lipinski definition) is 1.